The molecule has 0 unspecified atom stereocenters. The molecule has 0 radical (unpaired) electrons. The van der Waals surface area contributed by atoms with Crippen LogP contribution in [0.5, 0.6) is 0 Å². The van der Waals surface area contributed by atoms with Gasteiger partial charge in [0.2, 0.25) is 0 Å². The van der Waals surface area contributed by atoms with Crippen LogP contribution in [0.3, 0.4) is 0 Å². The van der Waals surface area contributed by atoms with E-state index in [9.17, 15) is 14.7 Å². The van der Waals surface area contributed by atoms with Gasteiger partial charge in [-0.1, -0.05) is 48.5 Å². The molecular weight excluding hydrogens is 486 g/mol. The summed E-state index contributed by atoms with van der Waals surface area (Å²) in [6, 6.07) is 20.7. The van der Waals surface area contributed by atoms with Crippen LogP contribution < -0.4 is 5.32 Å². The average Bonchev–Trinajstić information content (AvgIpc) is 3.35. The topological polar surface area (TPSA) is 95.1 Å². The summed E-state index contributed by atoms with van der Waals surface area (Å²) in [5.74, 6) is 1.99. The molecule has 4 saturated carbocycles. The first kappa shape index (κ1) is 24.1. The van der Waals surface area contributed by atoms with Crippen molar-refractivity contribution in [3.63, 3.8) is 0 Å². The van der Waals surface area contributed by atoms with E-state index in [0.29, 0.717) is 22.6 Å². The van der Waals surface area contributed by atoms with E-state index >= 15 is 0 Å². The first-order valence-electron chi connectivity index (χ1n) is 14.2. The molecule has 4 bridgehead atoms. The summed E-state index contributed by atoms with van der Waals surface area (Å²) < 4.78 is 0. The van der Waals surface area contributed by atoms with Gasteiger partial charge in [-0.2, -0.15) is 0 Å². The number of H-pyrrole nitrogens is 1. The lowest BCUT2D eigenvalue weighted by Crippen LogP contribution is -2.46. The first-order chi connectivity index (χ1) is 18.9. The van der Waals surface area contributed by atoms with E-state index in [1.54, 1.807) is 12.1 Å². The Hall–Kier alpha value is -3.93. The third-order valence-corrected chi connectivity index (χ3v) is 9.48. The van der Waals surface area contributed by atoms with Crippen LogP contribution in [0.4, 0.5) is 5.69 Å². The zero-order valence-electron chi connectivity index (χ0n) is 22.0. The summed E-state index contributed by atoms with van der Waals surface area (Å²) in [6.45, 7) is 0. The second-order valence-corrected chi connectivity index (χ2v) is 12.2. The normalized spacial score (nSPS) is 25.2. The fraction of sp³-hybridized carbons (Fsp3) is 0.364. The van der Waals surface area contributed by atoms with Gasteiger partial charge in [-0.3, -0.25) is 4.79 Å². The molecule has 4 aromatic rings. The Morgan fingerprint density at radius 2 is 1.62 bits per heavy atom. The lowest BCUT2D eigenvalue weighted by Gasteiger charge is -2.57. The maximum Gasteiger partial charge on any atom is 0.335 e. The molecule has 0 saturated heterocycles. The first-order valence-corrected chi connectivity index (χ1v) is 14.2. The number of imidazole rings is 1. The molecule has 198 valence electrons. The van der Waals surface area contributed by atoms with E-state index < -0.39 is 5.97 Å². The van der Waals surface area contributed by atoms with Crippen molar-refractivity contribution in [2.75, 3.05) is 5.32 Å². The summed E-state index contributed by atoms with van der Waals surface area (Å²) in [4.78, 5) is 33.5. The number of nitrogens with zero attached hydrogens (tertiary/aromatic N) is 1. The number of amides is 1. The number of carboxylic acids is 1. The molecule has 1 amide bonds. The van der Waals surface area contributed by atoms with Gasteiger partial charge in [0.15, 0.2) is 0 Å². The molecular formula is C33H33N3O3. The van der Waals surface area contributed by atoms with Gasteiger partial charge in [0.05, 0.1) is 5.56 Å². The molecule has 4 fully saturated rings. The van der Waals surface area contributed by atoms with E-state index in [2.05, 4.69) is 28.5 Å². The van der Waals surface area contributed by atoms with Crippen molar-refractivity contribution in [1.82, 2.24) is 9.97 Å². The highest BCUT2D eigenvalue weighted by Gasteiger charge is 2.50. The number of hydrogen-bond donors (Lipinski definition) is 3. The van der Waals surface area contributed by atoms with Crippen LogP contribution in [-0.4, -0.2) is 27.0 Å². The smallest absolute Gasteiger partial charge is 0.335 e. The summed E-state index contributed by atoms with van der Waals surface area (Å²) >= 11 is 0. The predicted octanol–water partition coefficient (Wildman–Crippen LogP) is 7.33. The molecule has 39 heavy (non-hydrogen) atoms. The minimum absolute atomic E-state index is 0.133. The van der Waals surface area contributed by atoms with Crippen molar-refractivity contribution < 1.29 is 14.7 Å². The van der Waals surface area contributed by atoms with Crippen LogP contribution in [0.25, 0.3) is 22.2 Å². The van der Waals surface area contributed by atoms with Gasteiger partial charge in [0.1, 0.15) is 11.5 Å². The number of aromatic carboxylic acids is 1. The average molecular weight is 520 g/mol. The van der Waals surface area contributed by atoms with Gasteiger partial charge in [-0.25, -0.2) is 9.78 Å². The van der Waals surface area contributed by atoms with Crippen molar-refractivity contribution in [2.24, 2.45) is 23.2 Å². The summed E-state index contributed by atoms with van der Waals surface area (Å²) in [7, 11) is 0. The van der Waals surface area contributed by atoms with Gasteiger partial charge in [-0.15, -0.1) is 0 Å². The highest BCUT2D eigenvalue weighted by atomic mass is 16.4. The fourth-order valence-electron chi connectivity index (χ4n) is 8.24. The summed E-state index contributed by atoms with van der Waals surface area (Å²) in [5.41, 5.74) is 3.19. The predicted molar refractivity (Wildman–Crippen MR) is 152 cm³/mol. The van der Waals surface area contributed by atoms with E-state index in [1.165, 1.54) is 50.7 Å². The number of fused-ring (bicyclic) bond motifs is 1. The highest BCUT2D eigenvalue weighted by Crippen LogP contribution is 2.61. The van der Waals surface area contributed by atoms with Crippen LogP contribution in [0, 0.1) is 23.2 Å². The van der Waals surface area contributed by atoms with Gasteiger partial charge in [-0.05, 0) is 104 Å². The number of benzene rings is 3. The highest BCUT2D eigenvalue weighted by molar-refractivity contribution is 6.05. The minimum Gasteiger partial charge on any atom is -0.478 e. The van der Waals surface area contributed by atoms with E-state index in [0.717, 1.165) is 52.6 Å². The molecule has 8 rings (SSSR count). The number of rotatable bonds is 7. The Kier molecular flexibility index (Phi) is 5.80. The Bertz CT molecular complexity index is 1550. The van der Waals surface area contributed by atoms with Crippen LogP contribution in [0.15, 0.2) is 66.7 Å². The van der Waals surface area contributed by atoms with Gasteiger partial charge < -0.3 is 15.4 Å². The van der Waals surface area contributed by atoms with Crippen molar-refractivity contribution in [3.05, 3.63) is 83.7 Å². The van der Waals surface area contributed by atoms with Gasteiger partial charge in [0, 0.05) is 16.9 Å². The molecule has 4 aliphatic carbocycles. The fourth-order valence-corrected chi connectivity index (χ4v) is 8.24. The summed E-state index contributed by atoms with van der Waals surface area (Å²) in [6.07, 6.45) is 10.1. The monoisotopic (exact) mass is 519 g/mol. The second-order valence-electron chi connectivity index (χ2n) is 12.2. The number of carbonyl (C=O) groups excluding carboxylic acids is 1. The van der Waals surface area contributed by atoms with Crippen molar-refractivity contribution in [3.8, 4) is 11.4 Å². The number of aryl methyl sites for hydroxylation is 1. The van der Waals surface area contributed by atoms with Crippen LogP contribution >= 0.6 is 0 Å². The third-order valence-electron chi connectivity index (χ3n) is 9.48. The molecule has 1 aromatic heterocycles. The van der Waals surface area contributed by atoms with Crippen LogP contribution in [0.1, 0.15) is 71.5 Å². The largest absolute Gasteiger partial charge is 0.478 e. The second kappa shape index (κ2) is 9.37. The maximum atomic E-state index is 13.6. The molecule has 3 aromatic carbocycles. The number of carboxylic acid groups (broad SMARTS) is 1. The SMILES string of the molecule is O=C(O)c1cccc(NC(=O)c2nc(-c3cccc4ccccc34)[nH]c2CCC23CC4CC(CC(C4)C2)C3)c1. The molecule has 3 N–H and O–H groups in total. The molecule has 0 aliphatic heterocycles. The lowest BCUT2D eigenvalue weighted by molar-refractivity contribution is -0.0570. The number of anilines is 1. The Labute approximate surface area is 227 Å². The molecule has 0 atom stereocenters. The number of aromatic nitrogens is 2. The number of aromatic amines is 1. The number of carbonyl (C=O) groups is 2. The van der Waals surface area contributed by atoms with Gasteiger partial charge >= 0.3 is 5.97 Å². The zero-order chi connectivity index (χ0) is 26.6. The van der Waals surface area contributed by atoms with Crippen molar-refractivity contribution >= 4 is 28.3 Å². The standard InChI is InChI=1S/C33H33N3O3/c37-31(34-25-8-3-7-24(16-25)32(38)39)29-28(11-12-33-17-20-13-21(18-33)15-22(14-20)19-33)35-30(36-29)27-10-4-6-23-5-1-2-9-26(23)27/h1-10,16,20-22H,11-15,17-19H2,(H,34,37)(H,35,36)(H,38,39). The molecule has 0 spiro atoms. The molecule has 4 aliphatic rings. The number of nitrogens with one attached hydrogen (secondary N) is 2. The van der Waals surface area contributed by atoms with E-state index in [-0.39, 0.29) is 11.5 Å². The van der Waals surface area contributed by atoms with E-state index in [1.807, 2.05) is 24.3 Å². The molecule has 6 heteroatoms. The quantitative estimate of drug-likeness (QED) is 0.238. The minimum atomic E-state index is -1.03. The lowest BCUT2D eigenvalue weighted by atomic mass is 9.48. The zero-order valence-corrected chi connectivity index (χ0v) is 22.0. The van der Waals surface area contributed by atoms with Gasteiger partial charge in [0.25, 0.3) is 5.91 Å². The Balaban J connectivity index is 1.22. The Morgan fingerprint density at radius 1 is 0.923 bits per heavy atom. The Morgan fingerprint density at radius 3 is 2.36 bits per heavy atom. The number of hydrogen-bond acceptors (Lipinski definition) is 3. The van der Waals surface area contributed by atoms with E-state index in [4.69, 9.17) is 4.98 Å². The summed E-state index contributed by atoms with van der Waals surface area (Å²) in [5, 5.41) is 14.5. The molecule has 6 nitrogen and oxygen atoms in total. The van der Waals surface area contributed by atoms with Crippen LogP contribution in [0.2, 0.25) is 0 Å². The van der Waals surface area contributed by atoms with Crippen molar-refractivity contribution in [1.29, 1.82) is 0 Å². The maximum absolute atomic E-state index is 13.6. The third kappa shape index (κ3) is 4.52. The van der Waals surface area contributed by atoms with Crippen LogP contribution in [-0.2, 0) is 6.42 Å². The molecule has 1 heterocycles. The van der Waals surface area contributed by atoms with Crippen molar-refractivity contribution in [2.45, 2.75) is 51.4 Å².